The molecular weight excluding hydrogens is 433 g/mol. The van der Waals surface area contributed by atoms with Crippen molar-refractivity contribution >= 4 is 35.8 Å². The van der Waals surface area contributed by atoms with Crippen LogP contribution in [0.2, 0.25) is 0 Å². The molecule has 1 amide bonds. The molecule has 2 fully saturated rings. The number of halogens is 1. The Labute approximate surface area is 169 Å². The van der Waals surface area contributed by atoms with Crippen molar-refractivity contribution in [3.05, 3.63) is 0 Å². The minimum Gasteiger partial charge on any atom is -0.383 e. The van der Waals surface area contributed by atoms with Gasteiger partial charge < -0.3 is 19.9 Å². The highest BCUT2D eigenvalue weighted by molar-refractivity contribution is 14.0. The largest absolute Gasteiger partial charge is 0.383 e. The molecule has 0 aromatic heterocycles. The highest BCUT2D eigenvalue weighted by Gasteiger charge is 2.30. The van der Waals surface area contributed by atoms with Crippen LogP contribution in [0.4, 0.5) is 0 Å². The normalized spacial score (nSPS) is 20.4. The van der Waals surface area contributed by atoms with Gasteiger partial charge in [0.2, 0.25) is 5.91 Å². The van der Waals surface area contributed by atoms with E-state index in [1.165, 1.54) is 0 Å². The van der Waals surface area contributed by atoms with Crippen molar-refractivity contribution in [1.82, 2.24) is 20.0 Å². The van der Waals surface area contributed by atoms with Crippen molar-refractivity contribution in [3.8, 4) is 0 Å². The Morgan fingerprint density at radius 1 is 1.12 bits per heavy atom. The average molecular weight is 467 g/mol. The molecule has 2 aliphatic heterocycles. The molecule has 2 saturated heterocycles. The van der Waals surface area contributed by atoms with Gasteiger partial charge in [-0.2, -0.15) is 0 Å². The van der Waals surface area contributed by atoms with E-state index in [9.17, 15) is 4.79 Å². The Bertz CT molecular complexity index is 421. The van der Waals surface area contributed by atoms with Crippen LogP contribution in [0.15, 0.2) is 4.99 Å². The van der Waals surface area contributed by atoms with E-state index in [2.05, 4.69) is 27.0 Å². The molecule has 146 valence electrons. The average Bonchev–Trinajstić information content (AvgIpc) is 3.15. The third-order valence-electron chi connectivity index (χ3n) is 4.83. The summed E-state index contributed by atoms with van der Waals surface area (Å²) in [6.07, 6.45) is 2.30. The number of nitrogens with one attached hydrogen (secondary N) is 1. The number of hydrogen-bond acceptors (Lipinski definition) is 4. The molecule has 2 rings (SSSR count). The second-order valence-corrected chi connectivity index (χ2v) is 6.46. The van der Waals surface area contributed by atoms with Crippen molar-refractivity contribution in [1.29, 1.82) is 0 Å². The molecule has 0 aromatic carbocycles. The molecule has 25 heavy (non-hydrogen) atoms. The van der Waals surface area contributed by atoms with Gasteiger partial charge in [-0.05, 0) is 26.7 Å². The Balaban J connectivity index is 0.00000312. The van der Waals surface area contributed by atoms with Crippen LogP contribution in [0, 0.1) is 0 Å². The lowest BCUT2D eigenvalue weighted by atomic mass is 10.2. The summed E-state index contributed by atoms with van der Waals surface area (Å²) in [7, 11) is 1.69. The summed E-state index contributed by atoms with van der Waals surface area (Å²) in [5.41, 5.74) is 0. The SMILES string of the molecule is CCNC(=NCCOC)N1CCN(C(C)C(=O)N2CCCC2)CC1.I. The van der Waals surface area contributed by atoms with Crippen LogP contribution >= 0.6 is 24.0 Å². The lowest BCUT2D eigenvalue weighted by Crippen LogP contribution is -2.57. The lowest BCUT2D eigenvalue weighted by molar-refractivity contribution is -0.135. The highest BCUT2D eigenvalue weighted by Crippen LogP contribution is 2.14. The Hall–Kier alpha value is -0.610. The van der Waals surface area contributed by atoms with E-state index in [4.69, 9.17) is 4.74 Å². The molecule has 0 bridgehead atoms. The van der Waals surface area contributed by atoms with Crippen LogP contribution in [0.3, 0.4) is 0 Å². The summed E-state index contributed by atoms with van der Waals surface area (Å²) in [4.78, 5) is 23.8. The number of amides is 1. The number of carbonyl (C=O) groups excluding carboxylic acids is 1. The number of methoxy groups -OCH3 is 1. The molecule has 0 saturated carbocycles. The quantitative estimate of drug-likeness (QED) is 0.272. The summed E-state index contributed by atoms with van der Waals surface area (Å²) in [6, 6.07) is -0.0155. The fourth-order valence-electron chi connectivity index (χ4n) is 3.35. The lowest BCUT2D eigenvalue weighted by Gasteiger charge is -2.39. The van der Waals surface area contributed by atoms with E-state index < -0.39 is 0 Å². The molecule has 0 spiro atoms. The Morgan fingerprint density at radius 3 is 2.32 bits per heavy atom. The van der Waals surface area contributed by atoms with Crippen LogP contribution in [0.25, 0.3) is 0 Å². The number of aliphatic imine (C=N–C) groups is 1. The van der Waals surface area contributed by atoms with Gasteiger partial charge in [0, 0.05) is 52.9 Å². The minimum absolute atomic E-state index is 0. The van der Waals surface area contributed by atoms with Crippen LogP contribution in [-0.4, -0.2) is 98.7 Å². The molecule has 0 aromatic rings. The second kappa shape index (κ2) is 11.9. The number of carbonyl (C=O) groups is 1. The van der Waals surface area contributed by atoms with Gasteiger partial charge in [-0.15, -0.1) is 24.0 Å². The maximum atomic E-state index is 12.6. The molecule has 0 radical (unpaired) electrons. The van der Waals surface area contributed by atoms with Gasteiger partial charge in [-0.1, -0.05) is 0 Å². The zero-order valence-corrected chi connectivity index (χ0v) is 18.2. The predicted octanol–water partition coefficient (Wildman–Crippen LogP) is 0.845. The molecule has 2 aliphatic rings. The van der Waals surface area contributed by atoms with Gasteiger partial charge in [0.25, 0.3) is 0 Å². The van der Waals surface area contributed by atoms with Crippen molar-refractivity contribution in [2.45, 2.75) is 32.7 Å². The standard InChI is InChI=1S/C17H33N5O2.HI/c1-4-18-17(19-7-14-24-3)22-12-10-20(11-13-22)15(2)16(23)21-8-5-6-9-21;/h15H,4-14H2,1-3H3,(H,18,19);1H. The Morgan fingerprint density at radius 2 is 1.76 bits per heavy atom. The maximum absolute atomic E-state index is 12.6. The first-order valence-electron chi connectivity index (χ1n) is 9.22. The number of nitrogens with zero attached hydrogens (tertiary/aromatic N) is 4. The van der Waals surface area contributed by atoms with E-state index in [1.807, 2.05) is 11.8 Å². The zero-order chi connectivity index (χ0) is 17.4. The fourth-order valence-corrected chi connectivity index (χ4v) is 3.35. The summed E-state index contributed by atoms with van der Waals surface area (Å²) in [5.74, 6) is 1.24. The molecular formula is C17H34IN5O2. The number of piperazine rings is 1. The number of likely N-dealkylation sites (tertiary alicyclic amines) is 1. The third kappa shape index (κ3) is 6.56. The molecule has 7 nitrogen and oxygen atoms in total. The van der Waals surface area contributed by atoms with E-state index in [0.717, 1.165) is 64.6 Å². The van der Waals surface area contributed by atoms with Gasteiger partial charge in [0.1, 0.15) is 0 Å². The smallest absolute Gasteiger partial charge is 0.239 e. The van der Waals surface area contributed by atoms with Gasteiger partial charge in [-0.25, -0.2) is 0 Å². The fraction of sp³-hybridized carbons (Fsp3) is 0.882. The summed E-state index contributed by atoms with van der Waals surface area (Å²) < 4.78 is 5.08. The third-order valence-corrected chi connectivity index (χ3v) is 4.83. The first-order valence-corrected chi connectivity index (χ1v) is 9.22. The van der Waals surface area contributed by atoms with Crippen molar-refractivity contribution in [3.63, 3.8) is 0 Å². The molecule has 1 atom stereocenters. The molecule has 1 N–H and O–H groups in total. The molecule has 0 aliphatic carbocycles. The summed E-state index contributed by atoms with van der Waals surface area (Å²) in [5, 5.41) is 3.35. The van der Waals surface area contributed by atoms with Crippen molar-refractivity contribution < 1.29 is 9.53 Å². The van der Waals surface area contributed by atoms with Crippen molar-refractivity contribution in [2.24, 2.45) is 4.99 Å². The number of rotatable bonds is 6. The Kier molecular flexibility index (Phi) is 10.7. The molecule has 1 unspecified atom stereocenters. The molecule has 8 heteroatoms. The van der Waals surface area contributed by atoms with E-state index in [1.54, 1.807) is 7.11 Å². The first-order chi connectivity index (χ1) is 11.7. The predicted molar refractivity (Wildman–Crippen MR) is 112 cm³/mol. The minimum atomic E-state index is -0.0155. The van der Waals surface area contributed by atoms with Crippen LogP contribution in [0.5, 0.6) is 0 Å². The second-order valence-electron chi connectivity index (χ2n) is 6.46. The topological polar surface area (TPSA) is 60.4 Å². The van der Waals surface area contributed by atoms with E-state index in [-0.39, 0.29) is 30.0 Å². The molecule has 2 heterocycles. The number of hydrogen-bond donors (Lipinski definition) is 1. The van der Waals surface area contributed by atoms with Gasteiger partial charge in [0.05, 0.1) is 19.2 Å². The van der Waals surface area contributed by atoms with Gasteiger partial charge in [0.15, 0.2) is 5.96 Å². The maximum Gasteiger partial charge on any atom is 0.239 e. The van der Waals surface area contributed by atoms with Gasteiger partial charge in [-0.3, -0.25) is 14.7 Å². The zero-order valence-electron chi connectivity index (χ0n) is 15.9. The van der Waals surface area contributed by atoms with Crippen molar-refractivity contribution in [2.75, 3.05) is 66.1 Å². The highest BCUT2D eigenvalue weighted by atomic mass is 127. The van der Waals surface area contributed by atoms with Crippen LogP contribution < -0.4 is 5.32 Å². The first kappa shape index (κ1) is 22.4. The van der Waals surface area contributed by atoms with Crippen LogP contribution in [0.1, 0.15) is 26.7 Å². The number of ether oxygens (including phenoxy) is 1. The summed E-state index contributed by atoms with van der Waals surface area (Å²) >= 11 is 0. The van der Waals surface area contributed by atoms with E-state index in [0.29, 0.717) is 19.1 Å². The van der Waals surface area contributed by atoms with E-state index >= 15 is 0 Å². The number of guanidine groups is 1. The van der Waals surface area contributed by atoms with Crippen LogP contribution in [-0.2, 0) is 9.53 Å². The van der Waals surface area contributed by atoms with Gasteiger partial charge >= 0.3 is 0 Å². The monoisotopic (exact) mass is 467 g/mol. The summed E-state index contributed by atoms with van der Waals surface area (Å²) in [6.45, 7) is 11.7.